The number of carbonyl (C=O) groups excluding carboxylic acids is 1. The average Bonchev–Trinajstić information content (AvgIpc) is 3.08. The Morgan fingerprint density at radius 3 is 2.55 bits per heavy atom. The smallest absolute Gasteiger partial charge is 0.223 e. The number of amides is 1. The molecule has 0 aromatic heterocycles. The molecule has 2 saturated carbocycles. The van der Waals surface area contributed by atoms with Crippen LogP contribution in [0.15, 0.2) is 0 Å². The van der Waals surface area contributed by atoms with Gasteiger partial charge in [-0.2, -0.15) is 0 Å². The zero-order chi connectivity index (χ0) is 14.0. The van der Waals surface area contributed by atoms with Crippen LogP contribution in [0.3, 0.4) is 0 Å². The fourth-order valence-corrected chi connectivity index (χ4v) is 4.29. The van der Waals surface area contributed by atoms with Crippen LogP contribution in [0.4, 0.5) is 0 Å². The van der Waals surface area contributed by atoms with Crippen LogP contribution in [0.5, 0.6) is 0 Å². The van der Waals surface area contributed by atoms with Gasteiger partial charge >= 0.3 is 0 Å². The van der Waals surface area contributed by atoms with Crippen LogP contribution in [0.25, 0.3) is 0 Å². The number of nitrogens with one attached hydrogen (secondary N) is 1. The molecular formula is C16H28N2O2. The lowest BCUT2D eigenvalue weighted by molar-refractivity contribution is -0.126. The quantitative estimate of drug-likeness (QED) is 0.826. The molecule has 3 aliphatic rings. The predicted molar refractivity (Wildman–Crippen MR) is 78.4 cm³/mol. The Hall–Kier alpha value is -0.610. The normalized spacial score (nSPS) is 30.9. The minimum atomic E-state index is -0.714. The summed E-state index contributed by atoms with van der Waals surface area (Å²) in [5, 5.41) is 13.4. The van der Waals surface area contributed by atoms with E-state index in [2.05, 4.69) is 10.2 Å². The van der Waals surface area contributed by atoms with Crippen molar-refractivity contribution >= 4 is 5.91 Å². The topological polar surface area (TPSA) is 52.6 Å². The van der Waals surface area contributed by atoms with Gasteiger partial charge in [0, 0.05) is 25.2 Å². The molecule has 3 fully saturated rings. The van der Waals surface area contributed by atoms with Gasteiger partial charge in [-0.05, 0) is 32.1 Å². The lowest BCUT2D eigenvalue weighted by Crippen LogP contribution is -2.42. The second kappa shape index (κ2) is 6.02. The van der Waals surface area contributed by atoms with Crippen LogP contribution < -0.4 is 5.32 Å². The van der Waals surface area contributed by atoms with E-state index in [-0.39, 0.29) is 5.91 Å². The van der Waals surface area contributed by atoms with Crippen LogP contribution in [0.1, 0.15) is 64.2 Å². The van der Waals surface area contributed by atoms with Gasteiger partial charge in [-0.1, -0.05) is 25.7 Å². The van der Waals surface area contributed by atoms with E-state index in [1.807, 2.05) is 0 Å². The highest BCUT2D eigenvalue weighted by molar-refractivity contribution is 5.77. The minimum absolute atomic E-state index is 0.0488. The molecule has 114 valence electrons. The minimum Gasteiger partial charge on any atom is -0.389 e. The van der Waals surface area contributed by atoms with Crippen LogP contribution in [-0.4, -0.2) is 46.7 Å². The zero-order valence-electron chi connectivity index (χ0n) is 12.4. The monoisotopic (exact) mass is 280 g/mol. The van der Waals surface area contributed by atoms with Gasteiger partial charge in [-0.3, -0.25) is 9.69 Å². The van der Waals surface area contributed by atoms with Gasteiger partial charge in [0.1, 0.15) is 0 Å². The predicted octanol–water partition coefficient (Wildman–Crippen LogP) is 1.81. The van der Waals surface area contributed by atoms with Crippen molar-refractivity contribution in [3.05, 3.63) is 0 Å². The summed E-state index contributed by atoms with van der Waals surface area (Å²) in [5.41, 5.74) is -0.714. The van der Waals surface area contributed by atoms with Crippen LogP contribution in [0, 0.1) is 0 Å². The third-order valence-electron chi connectivity index (χ3n) is 5.45. The lowest BCUT2D eigenvalue weighted by Gasteiger charge is -2.25. The van der Waals surface area contributed by atoms with Crippen molar-refractivity contribution in [1.29, 1.82) is 0 Å². The molecule has 0 spiro atoms. The molecule has 0 radical (unpaired) electrons. The van der Waals surface area contributed by atoms with Crippen LogP contribution in [0.2, 0.25) is 0 Å². The molecule has 0 bridgehead atoms. The molecular weight excluding hydrogens is 252 g/mol. The molecule has 1 saturated heterocycles. The largest absolute Gasteiger partial charge is 0.389 e. The van der Waals surface area contributed by atoms with Crippen LogP contribution >= 0.6 is 0 Å². The molecule has 4 heteroatoms. The van der Waals surface area contributed by atoms with Crippen molar-refractivity contribution in [2.45, 2.75) is 81.9 Å². The summed E-state index contributed by atoms with van der Waals surface area (Å²) in [6.45, 7) is 2.13. The molecule has 0 aromatic carbocycles. The highest BCUT2D eigenvalue weighted by Crippen LogP contribution is 2.32. The van der Waals surface area contributed by atoms with Crippen molar-refractivity contribution in [2.75, 3.05) is 13.1 Å². The van der Waals surface area contributed by atoms with Gasteiger partial charge in [-0.25, -0.2) is 0 Å². The maximum Gasteiger partial charge on any atom is 0.223 e. The number of rotatable bonds is 4. The van der Waals surface area contributed by atoms with Gasteiger partial charge in [0.2, 0.25) is 5.91 Å². The molecule has 1 aliphatic heterocycles. The zero-order valence-corrected chi connectivity index (χ0v) is 12.4. The van der Waals surface area contributed by atoms with E-state index in [1.54, 1.807) is 0 Å². The number of aliphatic hydroxyl groups is 1. The van der Waals surface area contributed by atoms with Gasteiger partial charge < -0.3 is 10.4 Å². The van der Waals surface area contributed by atoms with Gasteiger partial charge in [-0.15, -0.1) is 0 Å². The Morgan fingerprint density at radius 2 is 1.85 bits per heavy atom. The Morgan fingerprint density at radius 1 is 1.15 bits per heavy atom. The molecule has 1 atom stereocenters. The number of carbonyl (C=O) groups is 1. The van der Waals surface area contributed by atoms with E-state index in [0.717, 1.165) is 51.2 Å². The fraction of sp³-hybridized carbons (Fsp3) is 0.938. The van der Waals surface area contributed by atoms with E-state index in [0.29, 0.717) is 12.5 Å². The molecule has 1 heterocycles. The van der Waals surface area contributed by atoms with E-state index in [1.165, 1.54) is 25.7 Å². The molecule has 1 unspecified atom stereocenters. The first-order chi connectivity index (χ1) is 9.65. The SMILES string of the molecule is O=C(CC1(O)CCCC1)NC1CCN(C2CCCC2)C1. The average molecular weight is 280 g/mol. The lowest BCUT2D eigenvalue weighted by atomic mass is 9.97. The first kappa shape index (κ1) is 14.3. The van der Waals surface area contributed by atoms with Gasteiger partial charge in [0.15, 0.2) is 0 Å². The molecule has 1 amide bonds. The first-order valence-corrected chi connectivity index (χ1v) is 8.40. The third-order valence-corrected chi connectivity index (χ3v) is 5.45. The van der Waals surface area contributed by atoms with Crippen molar-refractivity contribution < 1.29 is 9.90 Å². The van der Waals surface area contributed by atoms with E-state index < -0.39 is 5.60 Å². The molecule has 4 nitrogen and oxygen atoms in total. The molecule has 3 rings (SSSR count). The number of hydrogen-bond donors (Lipinski definition) is 2. The summed E-state index contributed by atoms with van der Waals surface area (Å²) in [5.74, 6) is 0.0488. The van der Waals surface area contributed by atoms with Crippen molar-refractivity contribution in [1.82, 2.24) is 10.2 Å². The number of likely N-dealkylation sites (tertiary alicyclic amines) is 1. The Kier molecular flexibility index (Phi) is 4.32. The second-order valence-electron chi connectivity index (χ2n) is 7.09. The Balaban J connectivity index is 1.43. The van der Waals surface area contributed by atoms with E-state index in [4.69, 9.17) is 0 Å². The standard InChI is InChI=1S/C16H28N2O2/c19-15(11-16(20)8-3-4-9-16)17-13-7-10-18(12-13)14-5-1-2-6-14/h13-14,20H,1-12H2,(H,17,19). The summed E-state index contributed by atoms with van der Waals surface area (Å²) in [6, 6.07) is 1.06. The van der Waals surface area contributed by atoms with Crippen molar-refractivity contribution in [3.63, 3.8) is 0 Å². The summed E-state index contributed by atoms with van der Waals surface area (Å²) >= 11 is 0. The number of hydrogen-bond acceptors (Lipinski definition) is 3. The highest BCUT2D eigenvalue weighted by Gasteiger charge is 2.35. The third kappa shape index (κ3) is 3.34. The van der Waals surface area contributed by atoms with Crippen LogP contribution in [-0.2, 0) is 4.79 Å². The van der Waals surface area contributed by atoms with Gasteiger partial charge in [0.25, 0.3) is 0 Å². The number of nitrogens with zero attached hydrogens (tertiary/aromatic N) is 1. The first-order valence-electron chi connectivity index (χ1n) is 8.40. The summed E-state index contributed by atoms with van der Waals surface area (Å²) < 4.78 is 0. The summed E-state index contributed by atoms with van der Waals surface area (Å²) in [6.07, 6.45) is 10.5. The Bertz CT molecular complexity index is 346. The highest BCUT2D eigenvalue weighted by atomic mass is 16.3. The maximum atomic E-state index is 12.1. The second-order valence-corrected chi connectivity index (χ2v) is 7.09. The van der Waals surface area contributed by atoms with Gasteiger partial charge in [0.05, 0.1) is 12.0 Å². The molecule has 20 heavy (non-hydrogen) atoms. The molecule has 2 N–H and O–H groups in total. The van der Waals surface area contributed by atoms with Crippen molar-refractivity contribution in [2.24, 2.45) is 0 Å². The van der Waals surface area contributed by atoms with E-state index in [9.17, 15) is 9.90 Å². The fourth-order valence-electron chi connectivity index (χ4n) is 4.29. The molecule has 2 aliphatic carbocycles. The summed E-state index contributed by atoms with van der Waals surface area (Å²) in [7, 11) is 0. The maximum absolute atomic E-state index is 12.1. The molecule has 0 aromatic rings. The van der Waals surface area contributed by atoms with Crippen molar-refractivity contribution in [3.8, 4) is 0 Å². The van der Waals surface area contributed by atoms with E-state index >= 15 is 0 Å². The summed E-state index contributed by atoms with van der Waals surface area (Å²) in [4.78, 5) is 14.7. The Labute approximate surface area is 121 Å².